The number of rotatable bonds is 5. The second-order valence-corrected chi connectivity index (χ2v) is 7.09. The summed E-state index contributed by atoms with van der Waals surface area (Å²) in [5.41, 5.74) is 4.86. The van der Waals surface area contributed by atoms with Crippen LogP contribution in [0.4, 0.5) is 0 Å². The monoisotopic (exact) mass is 263 g/mol. The fourth-order valence-electron chi connectivity index (χ4n) is 2.36. The molecule has 1 fully saturated rings. The summed E-state index contributed by atoms with van der Waals surface area (Å²) >= 11 is 0. The molecule has 6 heteroatoms. The van der Waals surface area contributed by atoms with Gasteiger partial charge < -0.3 is 10.5 Å². The van der Waals surface area contributed by atoms with Crippen LogP contribution in [0.25, 0.3) is 0 Å². The first-order valence-corrected chi connectivity index (χ1v) is 7.72. The van der Waals surface area contributed by atoms with E-state index in [1.807, 2.05) is 0 Å². The van der Waals surface area contributed by atoms with Crippen molar-refractivity contribution in [2.45, 2.75) is 38.4 Å². The summed E-state index contributed by atoms with van der Waals surface area (Å²) in [6.07, 6.45) is 1.32. The van der Waals surface area contributed by atoms with Crippen molar-refractivity contribution in [2.75, 3.05) is 18.9 Å². The maximum absolute atomic E-state index is 11.9. The molecule has 0 radical (unpaired) electrons. The van der Waals surface area contributed by atoms with Gasteiger partial charge in [0.05, 0.1) is 17.3 Å². The SMILES string of the molecule is CCOC(=O)[C@]1(CN)CC[C@H](S(=O)(=O)CC)C1. The molecule has 100 valence electrons. The minimum Gasteiger partial charge on any atom is -0.466 e. The van der Waals surface area contributed by atoms with Gasteiger partial charge in [-0.1, -0.05) is 6.92 Å². The molecule has 1 aliphatic carbocycles. The zero-order valence-electron chi connectivity index (χ0n) is 10.4. The van der Waals surface area contributed by atoms with Crippen LogP contribution in [0.3, 0.4) is 0 Å². The topological polar surface area (TPSA) is 86.5 Å². The Balaban J connectivity index is 2.84. The van der Waals surface area contributed by atoms with Crippen molar-refractivity contribution in [3.8, 4) is 0 Å². The van der Waals surface area contributed by atoms with Crippen LogP contribution in [-0.4, -0.2) is 38.5 Å². The molecule has 0 spiro atoms. The van der Waals surface area contributed by atoms with Crippen LogP contribution in [-0.2, 0) is 19.4 Å². The Hall–Kier alpha value is -0.620. The lowest BCUT2D eigenvalue weighted by molar-refractivity contribution is -0.154. The molecule has 5 nitrogen and oxygen atoms in total. The maximum Gasteiger partial charge on any atom is 0.313 e. The summed E-state index contributed by atoms with van der Waals surface area (Å²) in [4.78, 5) is 11.9. The number of nitrogens with two attached hydrogens (primary N) is 1. The standard InChI is InChI=1S/C11H21NO4S/c1-3-16-10(13)11(8-12)6-5-9(7-11)17(14,15)4-2/h9H,3-8,12H2,1-2H3/t9-,11+/m0/s1. The average Bonchev–Trinajstić information content (AvgIpc) is 2.75. The van der Waals surface area contributed by atoms with Gasteiger partial charge in [0.15, 0.2) is 9.84 Å². The molecular weight excluding hydrogens is 242 g/mol. The zero-order valence-corrected chi connectivity index (χ0v) is 11.3. The molecule has 0 aromatic heterocycles. The minimum absolute atomic E-state index is 0.112. The zero-order chi connectivity index (χ0) is 13.1. The lowest BCUT2D eigenvalue weighted by Crippen LogP contribution is -2.39. The number of hydrogen-bond acceptors (Lipinski definition) is 5. The molecule has 1 saturated carbocycles. The maximum atomic E-state index is 11.9. The molecule has 2 N–H and O–H groups in total. The van der Waals surface area contributed by atoms with Crippen LogP contribution in [0.5, 0.6) is 0 Å². The smallest absolute Gasteiger partial charge is 0.313 e. The highest BCUT2D eigenvalue weighted by molar-refractivity contribution is 7.92. The summed E-state index contributed by atoms with van der Waals surface area (Å²) in [5.74, 6) is -0.238. The Bertz CT molecular complexity index is 379. The third-order valence-corrected chi connectivity index (χ3v) is 5.80. The van der Waals surface area contributed by atoms with Crippen LogP contribution in [0.1, 0.15) is 33.1 Å². The van der Waals surface area contributed by atoms with Crippen LogP contribution in [0, 0.1) is 5.41 Å². The second kappa shape index (κ2) is 5.35. The number of carbonyl (C=O) groups is 1. The summed E-state index contributed by atoms with van der Waals surface area (Å²) in [6.45, 7) is 3.81. The predicted octanol–water partition coefficient (Wildman–Crippen LogP) is 0.482. The van der Waals surface area contributed by atoms with Gasteiger partial charge in [-0.25, -0.2) is 8.42 Å². The van der Waals surface area contributed by atoms with Gasteiger partial charge in [-0.2, -0.15) is 0 Å². The van der Waals surface area contributed by atoms with E-state index in [-0.39, 0.29) is 18.3 Å². The highest BCUT2D eigenvalue weighted by Gasteiger charge is 2.48. The molecule has 1 aliphatic rings. The van der Waals surface area contributed by atoms with Gasteiger partial charge in [0.25, 0.3) is 0 Å². The molecule has 0 aliphatic heterocycles. The third-order valence-electron chi connectivity index (χ3n) is 3.57. The van der Waals surface area contributed by atoms with Gasteiger partial charge in [-0.05, 0) is 26.2 Å². The van der Waals surface area contributed by atoms with E-state index >= 15 is 0 Å². The van der Waals surface area contributed by atoms with Crippen molar-refractivity contribution >= 4 is 15.8 Å². The van der Waals surface area contributed by atoms with Crippen LogP contribution in [0.15, 0.2) is 0 Å². The molecule has 0 saturated heterocycles. The first kappa shape index (κ1) is 14.4. The van der Waals surface area contributed by atoms with E-state index < -0.39 is 20.5 Å². The summed E-state index contributed by atoms with van der Waals surface area (Å²) in [6, 6.07) is 0. The molecule has 17 heavy (non-hydrogen) atoms. The van der Waals surface area contributed by atoms with Crippen molar-refractivity contribution in [1.29, 1.82) is 0 Å². The number of hydrogen-bond donors (Lipinski definition) is 1. The van der Waals surface area contributed by atoms with E-state index in [2.05, 4.69) is 0 Å². The fourth-order valence-corrected chi connectivity index (χ4v) is 3.88. The highest BCUT2D eigenvalue weighted by atomic mass is 32.2. The minimum atomic E-state index is -3.09. The highest BCUT2D eigenvalue weighted by Crippen LogP contribution is 2.41. The first-order valence-electron chi connectivity index (χ1n) is 6.00. The molecule has 0 aromatic rings. The van der Waals surface area contributed by atoms with E-state index in [4.69, 9.17) is 10.5 Å². The molecule has 0 aromatic carbocycles. The Labute approximate surface area is 103 Å². The van der Waals surface area contributed by atoms with E-state index in [1.165, 1.54) is 0 Å². The Morgan fingerprint density at radius 3 is 2.59 bits per heavy atom. The Morgan fingerprint density at radius 1 is 1.47 bits per heavy atom. The number of carbonyl (C=O) groups excluding carboxylic acids is 1. The van der Waals surface area contributed by atoms with E-state index in [0.717, 1.165) is 0 Å². The van der Waals surface area contributed by atoms with Crippen LogP contribution >= 0.6 is 0 Å². The van der Waals surface area contributed by atoms with Crippen molar-refractivity contribution in [1.82, 2.24) is 0 Å². The normalized spacial score (nSPS) is 29.2. The molecular formula is C11H21NO4S. The van der Waals surface area contributed by atoms with Gasteiger partial charge >= 0.3 is 5.97 Å². The van der Waals surface area contributed by atoms with Crippen molar-refractivity contribution in [3.63, 3.8) is 0 Å². The van der Waals surface area contributed by atoms with Gasteiger partial charge in [0.1, 0.15) is 0 Å². The van der Waals surface area contributed by atoms with Gasteiger partial charge in [-0.3, -0.25) is 4.79 Å². The fraction of sp³-hybridized carbons (Fsp3) is 0.909. The number of esters is 1. The summed E-state index contributed by atoms with van der Waals surface area (Å²) < 4.78 is 28.6. The predicted molar refractivity (Wildman–Crippen MR) is 65.2 cm³/mol. The summed E-state index contributed by atoms with van der Waals surface area (Å²) in [5, 5.41) is -0.444. The van der Waals surface area contributed by atoms with Gasteiger partial charge in [0, 0.05) is 12.3 Å². The molecule has 0 heterocycles. The molecule has 0 amide bonds. The first-order chi connectivity index (χ1) is 7.91. The Kier molecular flexibility index (Phi) is 4.55. The van der Waals surface area contributed by atoms with Crippen molar-refractivity contribution in [3.05, 3.63) is 0 Å². The number of sulfone groups is 1. The molecule has 0 bridgehead atoms. The quantitative estimate of drug-likeness (QED) is 0.729. The number of ether oxygens (including phenoxy) is 1. The average molecular weight is 263 g/mol. The van der Waals surface area contributed by atoms with Crippen LogP contribution in [0.2, 0.25) is 0 Å². The van der Waals surface area contributed by atoms with Crippen molar-refractivity contribution < 1.29 is 17.9 Å². The van der Waals surface area contributed by atoms with Crippen molar-refractivity contribution in [2.24, 2.45) is 11.1 Å². The van der Waals surface area contributed by atoms with E-state index in [1.54, 1.807) is 13.8 Å². The van der Waals surface area contributed by atoms with Crippen LogP contribution < -0.4 is 5.73 Å². The lowest BCUT2D eigenvalue weighted by Gasteiger charge is -2.24. The van der Waals surface area contributed by atoms with Gasteiger partial charge in [0.2, 0.25) is 0 Å². The van der Waals surface area contributed by atoms with Gasteiger partial charge in [-0.15, -0.1) is 0 Å². The second-order valence-electron chi connectivity index (χ2n) is 4.52. The van der Waals surface area contributed by atoms with E-state index in [9.17, 15) is 13.2 Å². The molecule has 2 atom stereocenters. The Morgan fingerprint density at radius 2 is 2.12 bits per heavy atom. The molecule has 0 unspecified atom stereocenters. The lowest BCUT2D eigenvalue weighted by atomic mass is 9.86. The molecule has 1 rings (SSSR count). The summed E-state index contributed by atoms with van der Waals surface area (Å²) in [7, 11) is -3.09. The third kappa shape index (κ3) is 2.80. The van der Waals surface area contributed by atoms with E-state index in [0.29, 0.717) is 25.9 Å². The largest absolute Gasteiger partial charge is 0.466 e.